The number of H-pyrrole nitrogens is 1. The molecule has 1 aromatic heterocycles. The van der Waals surface area contributed by atoms with Crippen LogP contribution in [0, 0.1) is 10.1 Å². The second-order valence-corrected chi connectivity index (χ2v) is 7.30. The normalized spacial score (nSPS) is 10.8. The SMILES string of the molecule is CCCN(CC(=O)Nc1ccc(Cl)cc1Cl)C(=O)c1n[nH]c2ccc([N+](=O)[O-])cc12. The third-order valence-corrected chi connectivity index (χ3v) is 4.83. The van der Waals surface area contributed by atoms with Crippen molar-refractivity contribution >= 4 is 57.3 Å². The van der Waals surface area contributed by atoms with Crippen molar-refractivity contribution in [1.82, 2.24) is 15.1 Å². The number of hydrogen-bond acceptors (Lipinski definition) is 5. The van der Waals surface area contributed by atoms with E-state index >= 15 is 0 Å². The van der Waals surface area contributed by atoms with Crippen molar-refractivity contribution in [3.63, 3.8) is 0 Å². The van der Waals surface area contributed by atoms with Gasteiger partial charge in [-0.1, -0.05) is 30.1 Å². The number of benzene rings is 2. The molecule has 3 rings (SSSR count). The highest BCUT2D eigenvalue weighted by molar-refractivity contribution is 6.36. The van der Waals surface area contributed by atoms with E-state index in [1.807, 2.05) is 6.92 Å². The lowest BCUT2D eigenvalue weighted by molar-refractivity contribution is -0.384. The van der Waals surface area contributed by atoms with Crippen LogP contribution in [0.2, 0.25) is 10.0 Å². The first kappa shape index (κ1) is 21.5. The monoisotopic (exact) mass is 449 g/mol. The molecule has 2 amide bonds. The van der Waals surface area contributed by atoms with E-state index in [-0.39, 0.29) is 22.9 Å². The molecule has 0 atom stereocenters. The van der Waals surface area contributed by atoms with Crippen molar-refractivity contribution in [2.24, 2.45) is 0 Å². The summed E-state index contributed by atoms with van der Waals surface area (Å²) in [6.45, 7) is 1.92. The van der Waals surface area contributed by atoms with Crippen LogP contribution in [-0.2, 0) is 4.79 Å². The summed E-state index contributed by atoms with van der Waals surface area (Å²) in [6, 6.07) is 8.73. The summed E-state index contributed by atoms with van der Waals surface area (Å²) in [6.07, 6.45) is 0.600. The Labute approximate surface area is 181 Å². The zero-order valence-corrected chi connectivity index (χ0v) is 17.3. The van der Waals surface area contributed by atoms with Crippen LogP contribution < -0.4 is 5.32 Å². The highest BCUT2D eigenvalue weighted by Crippen LogP contribution is 2.26. The van der Waals surface area contributed by atoms with Crippen LogP contribution in [0.5, 0.6) is 0 Å². The van der Waals surface area contributed by atoms with E-state index in [1.54, 1.807) is 12.1 Å². The molecular weight excluding hydrogens is 433 g/mol. The van der Waals surface area contributed by atoms with Gasteiger partial charge in [0.2, 0.25) is 5.91 Å². The Morgan fingerprint density at radius 2 is 2.00 bits per heavy atom. The molecule has 156 valence electrons. The van der Waals surface area contributed by atoms with Crippen LogP contribution in [0.1, 0.15) is 23.8 Å². The van der Waals surface area contributed by atoms with Gasteiger partial charge in [-0.15, -0.1) is 0 Å². The average molecular weight is 450 g/mol. The van der Waals surface area contributed by atoms with Gasteiger partial charge in [0.1, 0.15) is 6.54 Å². The van der Waals surface area contributed by atoms with Crippen molar-refractivity contribution in [3.05, 3.63) is 62.3 Å². The number of carbonyl (C=O) groups excluding carboxylic acids is 2. The van der Waals surface area contributed by atoms with E-state index in [1.165, 1.54) is 29.2 Å². The first-order valence-electron chi connectivity index (χ1n) is 8.96. The molecule has 0 aliphatic carbocycles. The Bertz CT molecular complexity index is 1130. The van der Waals surface area contributed by atoms with E-state index in [0.717, 1.165) is 0 Å². The maximum absolute atomic E-state index is 13.0. The summed E-state index contributed by atoms with van der Waals surface area (Å²) < 4.78 is 0. The maximum Gasteiger partial charge on any atom is 0.275 e. The predicted molar refractivity (Wildman–Crippen MR) is 114 cm³/mol. The average Bonchev–Trinajstić information content (AvgIpc) is 3.12. The van der Waals surface area contributed by atoms with Gasteiger partial charge in [-0.3, -0.25) is 24.8 Å². The second kappa shape index (κ2) is 9.10. The molecule has 0 spiro atoms. The Kier molecular flexibility index (Phi) is 6.53. The van der Waals surface area contributed by atoms with Gasteiger partial charge in [-0.25, -0.2) is 0 Å². The number of nitrogens with zero attached hydrogens (tertiary/aromatic N) is 3. The van der Waals surface area contributed by atoms with Gasteiger partial charge >= 0.3 is 0 Å². The van der Waals surface area contributed by atoms with Crippen LogP contribution in [0.4, 0.5) is 11.4 Å². The summed E-state index contributed by atoms with van der Waals surface area (Å²) in [5.74, 6) is -0.965. The quantitative estimate of drug-likeness (QED) is 0.411. The first-order valence-corrected chi connectivity index (χ1v) is 9.72. The van der Waals surface area contributed by atoms with E-state index in [9.17, 15) is 19.7 Å². The molecule has 11 heteroatoms. The fourth-order valence-electron chi connectivity index (χ4n) is 2.90. The third kappa shape index (κ3) is 4.69. The van der Waals surface area contributed by atoms with Crippen LogP contribution >= 0.6 is 23.2 Å². The molecule has 30 heavy (non-hydrogen) atoms. The molecule has 0 bridgehead atoms. The maximum atomic E-state index is 13.0. The van der Waals surface area contributed by atoms with Gasteiger partial charge in [-0.2, -0.15) is 5.10 Å². The lowest BCUT2D eigenvalue weighted by atomic mass is 10.1. The van der Waals surface area contributed by atoms with Crippen LogP contribution in [0.3, 0.4) is 0 Å². The number of halogens is 2. The fraction of sp³-hybridized carbons (Fsp3) is 0.211. The summed E-state index contributed by atoms with van der Waals surface area (Å²) in [4.78, 5) is 37.4. The van der Waals surface area contributed by atoms with Crippen molar-refractivity contribution in [2.75, 3.05) is 18.4 Å². The molecule has 0 saturated heterocycles. The Balaban J connectivity index is 1.82. The number of carbonyl (C=O) groups is 2. The van der Waals surface area contributed by atoms with Crippen LogP contribution in [-0.4, -0.2) is 44.9 Å². The number of amides is 2. The zero-order valence-electron chi connectivity index (χ0n) is 15.8. The second-order valence-electron chi connectivity index (χ2n) is 6.46. The number of hydrogen-bond donors (Lipinski definition) is 2. The topological polar surface area (TPSA) is 121 Å². The van der Waals surface area contributed by atoms with E-state index < -0.39 is 16.7 Å². The van der Waals surface area contributed by atoms with Crippen molar-refractivity contribution < 1.29 is 14.5 Å². The van der Waals surface area contributed by atoms with E-state index in [0.29, 0.717) is 34.6 Å². The van der Waals surface area contributed by atoms with Gasteiger partial charge in [-0.05, 0) is 30.7 Å². The number of nitro groups is 1. The zero-order chi connectivity index (χ0) is 21.8. The molecule has 0 unspecified atom stereocenters. The van der Waals surface area contributed by atoms with Crippen molar-refractivity contribution in [1.29, 1.82) is 0 Å². The van der Waals surface area contributed by atoms with Gasteiger partial charge in [0, 0.05) is 29.1 Å². The number of anilines is 1. The van der Waals surface area contributed by atoms with Gasteiger partial charge in [0.05, 0.1) is 21.2 Å². The number of nitro benzene ring substituents is 1. The molecule has 0 aliphatic heterocycles. The minimum atomic E-state index is -0.548. The minimum absolute atomic E-state index is 0.0134. The molecule has 3 aromatic rings. The first-order chi connectivity index (χ1) is 14.3. The lowest BCUT2D eigenvalue weighted by Gasteiger charge is -2.21. The van der Waals surface area contributed by atoms with Crippen molar-refractivity contribution in [2.45, 2.75) is 13.3 Å². The van der Waals surface area contributed by atoms with E-state index in [2.05, 4.69) is 15.5 Å². The van der Waals surface area contributed by atoms with Gasteiger partial charge in [0.25, 0.3) is 11.6 Å². The molecule has 0 saturated carbocycles. The number of aromatic amines is 1. The molecule has 0 aliphatic rings. The van der Waals surface area contributed by atoms with Crippen LogP contribution in [0.15, 0.2) is 36.4 Å². The number of rotatable bonds is 7. The number of fused-ring (bicyclic) bond motifs is 1. The van der Waals surface area contributed by atoms with E-state index in [4.69, 9.17) is 23.2 Å². The highest BCUT2D eigenvalue weighted by Gasteiger charge is 2.24. The highest BCUT2D eigenvalue weighted by atomic mass is 35.5. The molecule has 0 fully saturated rings. The largest absolute Gasteiger partial charge is 0.328 e. The van der Waals surface area contributed by atoms with Gasteiger partial charge < -0.3 is 10.2 Å². The molecule has 2 N–H and O–H groups in total. The summed E-state index contributed by atoms with van der Waals surface area (Å²) in [5.41, 5.74) is 0.711. The Morgan fingerprint density at radius 1 is 1.23 bits per heavy atom. The Hall–Kier alpha value is -3.17. The third-order valence-electron chi connectivity index (χ3n) is 4.28. The van der Waals surface area contributed by atoms with Crippen molar-refractivity contribution in [3.8, 4) is 0 Å². The number of aromatic nitrogens is 2. The van der Waals surface area contributed by atoms with Crippen LogP contribution in [0.25, 0.3) is 10.9 Å². The minimum Gasteiger partial charge on any atom is -0.328 e. The molecular formula is C19H17Cl2N5O4. The molecule has 0 radical (unpaired) electrons. The summed E-state index contributed by atoms with van der Waals surface area (Å²) in [5, 5.41) is 21.4. The summed E-state index contributed by atoms with van der Waals surface area (Å²) in [7, 11) is 0. The standard InChI is InChI=1S/C19H17Cl2N5O4/c1-2-7-25(10-17(27)22-16-5-3-11(20)8-14(16)21)19(28)18-13-9-12(26(29)30)4-6-15(13)23-24-18/h3-6,8-9H,2,7,10H2,1H3,(H,22,27)(H,23,24). The predicted octanol–water partition coefficient (Wildman–Crippen LogP) is 4.27. The molecule has 9 nitrogen and oxygen atoms in total. The molecule has 2 aromatic carbocycles. The molecule has 1 heterocycles. The Morgan fingerprint density at radius 3 is 2.67 bits per heavy atom. The summed E-state index contributed by atoms with van der Waals surface area (Å²) >= 11 is 11.9. The number of non-ortho nitro benzene ring substituents is 1. The lowest BCUT2D eigenvalue weighted by Crippen LogP contribution is -2.38. The van der Waals surface area contributed by atoms with Gasteiger partial charge in [0.15, 0.2) is 5.69 Å². The fourth-order valence-corrected chi connectivity index (χ4v) is 3.36. The smallest absolute Gasteiger partial charge is 0.275 e. The number of nitrogens with one attached hydrogen (secondary N) is 2.